The van der Waals surface area contributed by atoms with E-state index >= 15 is 0 Å². The number of anilines is 1. The number of carbonyl (C=O) groups is 1. The summed E-state index contributed by atoms with van der Waals surface area (Å²) in [6.07, 6.45) is -2.47. The largest absolute Gasteiger partial charge is 0.416 e. The number of nitrogens with zero attached hydrogens (tertiary/aromatic N) is 3. The van der Waals surface area contributed by atoms with Gasteiger partial charge in [-0.05, 0) is 36.2 Å². The van der Waals surface area contributed by atoms with Gasteiger partial charge in [0.1, 0.15) is 5.82 Å². The van der Waals surface area contributed by atoms with Crippen molar-refractivity contribution in [2.24, 2.45) is 4.99 Å². The lowest BCUT2D eigenvalue weighted by atomic mass is 10.1. The summed E-state index contributed by atoms with van der Waals surface area (Å²) in [5.41, 5.74) is 1.04. The van der Waals surface area contributed by atoms with Gasteiger partial charge in [0.2, 0.25) is 5.91 Å². The molecule has 1 aromatic heterocycles. The van der Waals surface area contributed by atoms with Gasteiger partial charge in [-0.15, -0.1) is 0 Å². The molecule has 2 aromatic rings. The van der Waals surface area contributed by atoms with E-state index in [0.29, 0.717) is 30.4 Å². The Labute approximate surface area is 167 Å². The molecule has 1 amide bonds. The van der Waals surface area contributed by atoms with Crippen LogP contribution in [0.25, 0.3) is 0 Å². The highest BCUT2D eigenvalue weighted by molar-refractivity contribution is 5.90. The highest BCUT2D eigenvalue weighted by Crippen LogP contribution is 2.29. The minimum Gasteiger partial charge on any atom is -0.356 e. The Morgan fingerprint density at radius 2 is 1.86 bits per heavy atom. The lowest BCUT2D eigenvalue weighted by Gasteiger charge is -2.22. The fourth-order valence-corrected chi connectivity index (χ4v) is 2.57. The van der Waals surface area contributed by atoms with Crippen molar-refractivity contribution in [1.82, 2.24) is 15.2 Å². The number of hydrogen-bond donors (Lipinski definition) is 2. The molecule has 0 unspecified atom stereocenters. The van der Waals surface area contributed by atoms with Crippen molar-refractivity contribution in [2.75, 3.05) is 26.0 Å². The molecule has 9 heteroatoms. The number of carbonyl (C=O) groups excluding carboxylic acids is 1. The third-order valence-electron chi connectivity index (χ3n) is 4.09. The molecule has 0 bridgehead atoms. The van der Waals surface area contributed by atoms with E-state index in [0.717, 1.165) is 17.7 Å². The zero-order chi connectivity index (χ0) is 21.4. The lowest BCUT2D eigenvalue weighted by molar-refractivity contribution is -0.137. The molecule has 0 saturated heterocycles. The van der Waals surface area contributed by atoms with E-state index in [1.807, 2.05) is 13.0 Å². The summed E-state index contributed by atoms with van der Waals surface area (Å²) < 4.78 is 37.9. The number of aromatic nitrogens is 1. The van der Waals surface area contributed by atoms with E-state index in [1.54, 1.807) is 31.3 Å². The van der Waals surface area contributed by atoms with Gasteiger partial charge in [-0.25, -0.2) is 4.98 Å². The molecule has 1 aromatic carbocycles. The third-order valence-corrected chi connectivity index (χ3v) is 4.09. The van der Waals surface area contributed by atoms with Crippen molar-refractivity contribution in [2.45, 2.75) is 26.1 Å². The van der Waals surface area contributed by atoms with E-state index in [4.69, 9.17) is 0 Å². The summed E-state index contributed by atoms with van der Waals surface area (Å²) in [5.74, 6) is 0.838. The maximum atomic E-state index is 12.6. The van der Waals surface area contributed by atoms with E-state index in [-0.39, 0.29) is 12.3 Å². The van der Waals surface area contributed by atoms with Gasteiger partial charge in [0.25, 0.3) is 0 Å². The molecule has 0 saturated carbocycles. The molecule has 0 aliphatic heterocycles. The van der Waals surface area contributed by atoms with Gasteiger partial charge in [-0.3, -0.25) is 9.79 Å². The first-order valence-corrected chi connectivity index (χ1v) is 8.99. The van der Waals surface area contributed by atoms with E-state index in [1.165, 1.54) is 12.1 Å². The molecule has 2 rings (SSSR count). The third kappa shape index (κ3) is 7.10. The molecule has 0 aliphatic rings. The molecule has 0 radical (unpaired) electrons. The average molecular weight is 407 g/mol. The average Bonchev–Trinajstić information content (AvgIpc) is 2.66. The van der Waals surface area contributed by atoms with Gasteiger partial charge < -0.3 is 15.5 Å². The number of halogens is 3. The maximum Gasteiger partial charge on any atom is 0.416 e. The molecule has 156 valence electrons. The Balaban J connectivity index is 1.81. The van der Waals surface area contributed by atoms with Crippen molar-refractivity contribution in [3.63, 3.8) is 0 Å². The summed E-state index contributed by atoms with van der Waals surface area (Å²) in [6.45, 7) is 2.63. The van der Waals surface area contributed by atoms with Crippen LogP contribution < -0.4 is 10.6 Å². The minimum absolute atomic E-state index is 0.185. The Hall–Kier alpha value is -3.10. The molecule has 6 nitrogen and oxygen atoms in total. The predicted molar refractivity (Wildman–Crippen MR) is 106 cm³/mol. The second-order valence-corrected chi connectivity index (χ2v) is 6.54. The number of pyridine rings is 1. The highest BCUT2D eigenvalue weighted by Gasteiger charge is 2.29. The quantitative estimate of drug-likeness (QED) is 0.569. The van der Waals surface area contributed by atoms with Gasteiger partial charge in [0.05, 0.1) is 5.56 Å². The van der Waals surface area contributed by atoms with Crippen molar-refractivity contribution in [3.05, 3.63) is 59.3 Å². The molecular formula is C20H24F3N5O. The SMILES string of the molecule is CN=C(NCCC(=O)Nc1ccc(C)cn1)N(C)Cc1ccc(C(F)(F)F)cc1. The molecule has 0 spiro atoms. The standard InChI is InChI=1S/C20H24F3N5O/c1-14-4-9-17(26-12-14)27-18(29)10-11-25-19(24-2)28(3)13-15-5-7-16(8-6-15)20(21,22)23/h4-9,12H,10-11,13H2,1-3H3,(H,24,25)(H,26,27,29). The number of aliphatic imine (C=N–C) groups is 1. The number of hydrogen-bond acceptors (Lipinski definition) is 3. The number of benzene rings is 1. The van der Waals surface area contributed by atoms with Crippen LogP contribution in [0.1, 0.15) is 23.1 Å². The van der Waals surface area contributed by atoms with Crippen LogP contribution in [0.5, 0.6) is 0 Å². The second kappa shape index (κ2) is 9.90. The van der Waals surface area contributed by atoms with Gasteiger partial charge in [-0.2, -0.15) is 13.2 Å². The Bertz CT molecular complexity index is 833. The molecule has 0 fully saturated rings. The smallest absolute Gasteiger partial charge is 0.356 e. The number of nitrogens with one attached hydrogen (secondary N) is 2. The molecule has 0 atom stereocenters. The van der Waals surface area contributed by atoms with Crippen LogP contribution in [0.3, 0.4) is 0 Å². The Morgan fingerprint density at radius 3 is 2.41 bits per heavy atom. The van der Waals surface area contributed by atoms with Crippen molar-refractivity contribution in [1.29, 1.82) is 0 Å². The number of aryl methyl sites for hydroxylation is 1. The first-order valence-electron chi connectivity index (χ1n) is 8.99. The van der Waals surface area contributed by atoms with Crippen LogP contribution >= 0.6 is 0 Å². The first-order chi connectivity index (χ1) is 13.7. The van der Waals surface area contributed by atoms with E-state index < -0.39 is 11.7 Å². The zero-order valence-corrected chi connectivity index (χ0v) is 16.5. The Morgan fingerprint density at radius 1 is 1.17 bits per heavy atom. The molecule has 0 aliphatic carbocycles. The number of alkyl halides is 3. The zero-order valence-electron chi connectivity index (χ0n) is 16.5. The fraction of sp³-hybridized carbons (Fsp3) is 0.350. The lowest BCUT2D eigenvalue weighted by Crippen LogP contribution is -2.39. The van der Waals surface area contributed by atoms with Gasteiger partial charge in [0.15, 0.2) is 5.96 Å². The van der Waals surface area contributed by atoms with Crippen LogP contribution in [-0.4, -0.2) is 42.4 Å². The number of guanidine groups is 1. The summed E-state index contributed by atoms with van der Waals surface area (Å²) in [5, 5.41) is 5.78. The monoisotopic (exact) mass is 407 g/mol. The number of amides is 1. The summed E-state index contributed by atoms with van der Waals surface area (Å²) in [4.78, 5) is 22.0. The van der Waals surface area contributed by atoms with Crippen LogP contribution in [0.2, 0.25) is 0 Å². The molecule has 2 N–H and O–H groups in total. The summed E-state index contributed by atoms with van der Waals surface area (Å²) >= 11 is 0. The second-order valence-electron chi connectivity index (χ2n) is 6.54. The Kier molecular flexibility index (Phi) is 7.58. The molecule has 29 heavy (non-hydrogen) atoms. The van der Waals surface area contributed by atoms with Crippen LogP contribution in [-0.2, 0) is 17.5 Å². The summed E-state index contributed by atoms with van der Waals surface area (Å²) in [7, 11) is 3.37. The van der Waals surface area contributed by atoms with E-state index in [9.17, 15) is 18.0 Å². The predicted octanol–water partition coefficient (Wildman–Crippen LogP) is 3.44. The fourth-order valence-electron chi connectivity index (χ4n) is 2.57. The first kappa shape index (κ1) is 22.2. The van der Waals surface area contributed by atoms with Crippen LogP contribution in [0.4, 0.5) is 19.0 Å². The highest BCUT2D eigenvalue weighted by atomic mass is 19.4. The summed E-state index contributed by atoms with van der Waals surface area (Å²) in [6, 6.07) is 8.59. The van der Waals surface area contributed by atoms with Crippen molar-refractivity contribution < 1.29 is 18.0 Å². The normalized spacial score (nSPS) is 11.9. The minimum atomic E-state index is -4.35. The van der Waals surface area contributed by atoms with Crippen LogP contribution in [0.15, 0.2) is 47.6 Å². The van der Waals surface area contributed by atoms with Crippen molar-refractivity contribution in [3.8, 4) is 0 Å². The molecule has 1 heterocycles. The maximum absolute atomic E-state index is 12.6. The van der Waals surface area contributed by atoms with Crippen LogP contribution in [0, 0.1) is 6.92 Å². The van der Waals surface area contributed by atoms with E-state index in [2.05, 4.69) is 20.6 Å². The number of rotatable bonds is 6. The topological polar surface area (TPSA) is 69.6 Å². The van der Waals surface area contributed by atoms with Gasteiger partial charge in [-0.1, -0.05) is 18.2 Å². The molecular weight excluding hydrogens is 383 g/mol. The van der Waals surface area contributed by atoms with Crippen molar-refractivity contribution >= 4 is 17.7 Å². The van der Waals surface area contributed by atoms with Gasteiger partial charge >= 0.3 is 6.18 Å². The van der Waals surface area contributed by atoms with Gasteiger partial charge in [0, 0.05) is 39.8 Å².